The number of carbonyl (C=O) groups is 2. The van der Waals surface area contributed by atoms with Crippen molar-refractivity contribution in [3.8, 4) is 11.5 Å². The summed E-state index contributed by atoms with van der Waals surface area (Å²) in [5.41, 5.74) is 12.2. The molecule has 0 unspecified atom stereocenters. The second-order valence-electron chi connectivity index (χ2n) is 8.56. The molecule has 0 atom stereocenters. The number of ether oxygens (including phenoxy) is 3. The third kappa shape index (κ3) is 9.76. The molecule has 3 aromatic rings. The van der Waals surface area contributed by atoms with Gasteiger partial charge in [0, 0.05) is 25.0 Å². The molecular formula is C27H29ClN4O8S. The minimum Gasteiger partial charge on any atom is -0.489 e. The largest absolute Gasteiger partial charge is 0.489 e. The van der Waals surface area contributed by atoms with Gasteiger partial charge < -0.3 is 30.8 Å². The maximum absolute atomic E-state index is 12.8. The molecule has 1 aliphatic rings. The van der Waals surface area contributed by atoms with Crippen LogP contribution in [0.25, 0.3) is 0 Å². The van der Waals surface area contributed by atoms with Gasteiger partial charge in [-0.25, -0.2) is 18.2 Å². The van der Waals surface area contributed by atoms with Crippen molar-refractivity contribution in [2.24, 2.45) is 16.5 Å². The maximum Gasteiger partial charge on any atom is 0.343 e. The lowest BCUT2D eigenvalue weighted by Crippen LogP contribution is -2.40. The van der Waals surface area contributed by atoms with Crippen LogP contribution in [0, 0.1) is 0 Å². The van der Waals surface area contributed by atoms with E-state index in [-0.39, 0.29) is 23.2 Å². The van der Waals surface area contributed by atoms with Crippen LogP contribution < -0.4 is 20.9 Å². The SMILES string of the molecule is CC(=O)O.NC(N)=Nc1ccc(C(=O)Oc2cc(Cl)cc(COc3ccc(S(=O)(=O)N4CCOCC4)cc3)c2)cc1. The van der Waals surface area contributed by atoms with Gasteiger partial charge in [-0.2, -0.15) is 4.31 Å². The van der Waals surface area contributed by atoms with Crippen LogP contribution in [0.5, 0.6) is 11.5 Å². The van der Waals surface area contributed by atoms with Crippen LogP contribution in [0.1, 0.15) is 22.8 Å². The lowest BCUT2D eigenvalue weighted by molar-refractivity contribution is -0.134. The molecule has 41 heavy (non-hydrogen) atoms. The number of hydrogen-bond donors (Lipinski definition) is 3. The van der Waals surface area contributed by atoms with Gasteiger partial charge in [-0.3, -0.25) is 4.79 Å². The van der Waals surface area contributed by atoms with Crippen LogP contribution in [0.3, 0.4) is 0 Å². The molecule has 0 aromatic heterocycles. The van der Waals surface area contributed by atoms with E-state index in [2.05, 4.69) is 4.99 Å². The van der Waals surface area contributed by atoms with Crippen LogP contribution in [0.4, 0.5) is 5.69 Å². The highest BCUT2D eigenvalue weighted by atomic mass is 35.5. The van der Waals surface area contributed by atoms with Crippen molar-refractivity contribution in [3.63, 3.8) is 0 Å². The van der Waals surface area contributed by atoms with Crippen molar-refractivity contribution < 1.29 is 37.3 Å². The Hall–Kier alpha value is -4.17. The van der Waals surface area contributed by atoms with Crippen LogP contribution in [-0.4, -0.2) is 62.0 Å². The summed E-state index contributed by atoms with van der Waals surface area (Å²) in [6.07, 6.45) is 0. The Morgan fingerprint density at radius 2 is 1.61 bits per heavy atom. The Morgan fingerprint density at radius 1 is 1.00 bits per heavy atom. The van der Waals surface area contributed by atoms with Crippen molar-refractivity contribution in [1.82, 2.24) is 4.31 Å². The van der Waals surface area contributed by atoms with E-state index in [0.29, 0.717) is 53.9 Å². The smallest absolute Gasteiger partial charge is 0.343 e. The van der Waals surface area contributed by atoms with Gasteiger partial charge in [0.1, 0.15) is 18.1 Å². The minimum atomic E-state index is -3.59. The lowest BCUT2D eigenvalue weighted by Gasteiger charge is -2.26. The van der Waals surface area contributed by atoms with E-state index in [1.807, 2.05) is 0 Å². The highest BCUT2D eigenvalue weighted by molar-refractivity contribution is 7.89. The van der Waals surface area contributed by atoms with Gasteiger partial charge in [-0.1, -0.05) is 11.6 Å². The lowest BCUT2D eigenvalue weighted by atomic mass is 10.2. The molecule has 0 amide bonds. The maximum atomic E-state index is 12.8. The van der Waals surface area contributed by atoms with Gasteiger partial charge >= 0.3 is 5.97 Å². The first kappa shape index (κ1) is 31.4. The van der Waals surface area contributed by atoms with E-state index in [4.69, 9.17) is 47.2 Å². The molecule has 5 N–H and O–H groups in total. The van der Waals surface area contributed by atoms with E-state index < -0.39 is 22.0 Å². The molecule has 12 nitrogen and oxygen atoms in total. The number of guanidine groups is 1. The fourth-order valence-electron chi connectivity index (χ4n) is 3.56. The van der Waals surface area contributed by atoms with Gasteiger partial charge in [0.15, 0.2) is 5.96 Å². The summed E-state index contributed by atoms with van der Waals surface area (Å²) in [5.74, 6) is -0.780. The van der Waals surface area contributed by atoms with Gasteiger partial charge in [0.25, 0.3) is 5.97 Å². The number of halogens is 1. The molecule has 14 heteroatoms. The molecule has 0 radical (unpaired) electrons. The highest BCUT2D eigenvalue weighted by Crippen LogP contribution is 2.25. The van der Waals surface area contributed by atoms with E-state index >= 15 is 0 Å². The molecule has 0 bridgehead atoms. The summed E-state index contributed by atoms with van der Waals surface area (Å²) in [4.78, 5) is 25.6. The number of benzene rings is 3. The molecule has 1 heterocycles. The zero-order valence-electron chi connectivity index (χ0n) is 22.0. The summed E-state index contributed by atoms with van der Waals surface area (Å²) >= 11 is 6.21. The Morgan fingerprint density at radius 3 is 2.20 bits per heavy atom. The van der Waals surface area contributed by atoms with Gasteiger partial charge in [-0.15, -0.1) is 0 Å². The van der Waals surface area contributed by atoms with E-state index in [9.17, 15) is 13.2 Å². The van der Waals surface area contributed by atoms with Crippen molar-refractivity contribution >= 4 is 45.2 Å². The molecule has 1 aliphatic heterocycles. The Kier molecular flexibility index (Phi) is 11.1. The number of nitrogens with two attached hydrogens (primary N) is 2. The molecule has 1 saturated heterocycles. The average Bonchev–Trinajstić information content (AvgIpc) is 2.92. The number of aliphatic carboxylic acids is 1. The van der Waals surface area contributed by atoms with Crippen molar-refractivity contribution in [2.45, 2.75) is 18.4 Å². The van der Waals surface area contributed by atoms with E-state index in [1.165, 1.54) is 22.5 Å². The van der Waals surface area contributed by atoms with Crippen molar-refractivity contribution in [3.05, 3.63) is 82.9 Å². The Balaban J connectivity index is 0.00000108. The van der Waals surface area contributed by atoms with Crippen molar-refractivity contribution in [2.75, 3.05) is 26.3 Å². The predicted octanol–water partition coefficient (Wildman–Crippen LogP) is 3.15. The number of carbonyl (C=O) groups excluding carboxylic acids is 1. The quantitative estimate of drug-likeness (QED) is 0.149. The van der Waals surface area contributed by atoms with E-state index in [0.717, 1.165) is 6.92 Å². The highest BCUT2D eigenvalue weighted by Gasteiger charge is 2.26. The topological polar surface area (TPSA) is 184 Å². The molecule has 0 spiro atoms. The number of hydrogen-bond acceptors (Lipinski definition) is 8. The van der Waals surface area contributed by atoms with Crippen molar-refractivity contribution in [1.29, 1.82) is 0 Å². The number of morpholine rings is 1. The molecule has 0 aliphatic carbocycles. The summed E-state index contributed by atoms with van der Waals surface area (Å²) in [6.45, 7) is 2.61. The zero-order chi connectivity index (χ0) is 30.0. The Bertz CT molecular complexity index is 1480. The molecule has 0 saturated carbocycles. The molecular weight excluding hydrogens is 576 g/mol. The van der Waals surface area contributed by atoms with Crippen LogP contribution >= 0.6 is 11.6 Å². The van der Waals surface area contributed by atoms with Crippen LogP contribution in [-0.2, 0) is 26.2 Å². The number of aliphatic imine (C=N–C) groups is 1. The molecule has 4 rings (SSSR count). The number of esters is 1. The number of nitrogens with zero attached hydrogens (tertiary/aromatic N) is 2. The number of carboxylic acids is 1. The first-order valence-electron chi connectivity index (χ1n) is 12.2. The Labute approximate surface area is 242 Å². The first-order chi connectivity index (χ1) is 19.4. The number of carboxylic acid groups (broad SMARTS) is 1. The second kappa shape index (κ2) is 14.5. The van der Waals surface area contributed by atoms with Crippen LogP contribution in [0.2, 0.25) is 5.02 Å². The monoisotopic (exact) mass is 604 g/mol. The summed E-state index contributed by atoms with van der Waals surface area (Å²) < 4.78 is 43.4. The molecule has 218 valence electrons. The number of sulfonamides is 1. The molecule has 1 fully saturated rings. The summed E-state index contributed by atoms with van der Waals surface area (Å²) in [7, 11) is -3.59. The number of rotatable bonds is 8. The third-order valence-electron chi connectivity index (χ3n) is 5.34. The van der Waals surface area contributed by atoms with Gasteiger partial charge in [-0.05, 0) is 72.3 Å². The van der Waals surface area contributed by atoms with E-state index in [1.54, 1.807) is 48.5 Å². The normalized spacial score (nSPS) is 13.3. The summed E-state index contributed by atoms with van der Waals surface area (Å²) in [5, 5.41) is 7.78. The fraction of sp³-hybridized carbons (Fsp3) is 0.222. The third-order valence-corrected chi connectivity index (χ3v) is 7.47. The van der Waals surface area contributed by atoms with Gasteiger partial charge in [0.2, 0.25) is 10.0 Å². The fourth-order valence-corrected chi connectivity index (χ4v) is 5.22. The van der Waals surface area contributed by atoms with Crippen LogP contribution in [0.15, 0.2) is 76.6 Å². The average molecular weight is 605 g/mol. The second-order valence-corrected chi connectivity index (χ2v) is 10.9. The van der Waals surface area contributed by atoms with Gasteiger partial charge in [0.05, 0.1) is 29.4 Å². The molecule has 3 aromatic carbocycles. The minimum absolute atomic E-state index is 0.0852. The zero-order valence-corrected chi connectivity index (χ0v) is 23.6. The first-order valence-corrected chi connectivity index (χ1v) is 14.0. The standard InChI is InChI=1S/C25H25ClN4O6S.C2H4O2/c26-19-13-17(14-22(15-19)36-24(31)18-1-3-20(4-2-18)29-25(27)28)16-35-21-5-7-23(8-6-21)37(32,33)30-9-11-34-12-10-30;1-2(3)4/h1-8,13-15H,9-12,16H2,(H4,27,28,29);1H3,(H,3,4). The predicted molar refractivity (Wildman–Crippen MR) is 152 cm³/mol. The summed E-state index contributed by atoms with van der Waals surface area (Å²) in [6, 6.07) is 17.3.